The van der Waals surface area contributed by atoms with Crippen molar-refractivity contribution in [1.29, 1.82) is 0 Å². The first-order chi connectivity index (χ1) is 4.83. The Kier molecular flexibility index (Phi) is 3.16. The van der Waals surface area contributed by atoms with E-state index in [2.05, 4.69) is 24.3 Å². The quantitative estimate of drug-likeness (QED) is 0.512. The average Bonchev–Trinajstić information content (AvgIpc) is 1.88. The van der Waals surface area contributed by atoms with Gasteiger partial charge < -0.3 is 10.2 Å². The van der Waals surface area contributed by atoms with Gasteiger partial charge in [0.2, 0.25) is 0 Å². The van der Waals surface area contributed by atoms with Gasteiger partial charge in [-0.2, -0.15) is 0 Å². The maximum atomic E-state index is 3.64. The molecule has 59 valence electrons. The van der Waals surface area contributed by atoms with Gasteiger partial charge in [-0.15, -0.1) is 7.05 Å². The molecule has 2 nitrogen and oxygen atoms in total. The SMILES string of the molecule is [CH2-][NH+]CC1CCCN(C)C1. The Bertz CT molecular complexity index is 91.3. The second kappa shape index (κ2) is 3.94. The van der Waals surface area contributed by atoms with Gasteiger partial charge in [0.25, 0.3) is 0 Å². The molecule has 0 aromatic heterocycles. The lowest BCUT2D eigenvalue weighted by Crippen LogP contribution is -2.79. The van der Waals surface area contributed by atoms with Gasteiger partial charge in [0.1, 0.15) is 0 Å². The minimum absolute atomic E-state index is 0.830. The Morgan fingerprint density at radius 3 is 3.10 bits per heavy atom. The third-order valence-electron chi connectivity index (χ3n) is 2.16. The lowest BCUT2D eigenvalue weighted by atomic mass is 9.99. The topological polar surface area (TPSA) is 18.8 Å². The molecular weight excluding hydrogens is 124 g/mol. The summed E-state index contributed by atoms with van der Waals surface area (Å²) in [6, 6.07) is 0. The summed E-state index contributed by atoms with van der Waals surface area (Å²) in [7, 11) is 5.83. The van der Waals surface area contributed by atoms with Crippen molar-refractivity contribution >= 4 is 0 Å². The molecule has 1 fully saturated rings. The number of nitrogens with one attached hydrogen (secondary N) is 1. The van der Waals surface area contributed by atoms with Crippen LogP contribution in [-0.4, -0.2) is 31.6 Å². The molecule has 0 amide bonds. The fraction of sp³-hybridized carbons (Fsp3) is 0.875. The maximum absolute atomic E-state index is 3.64. The van der Waals surface area contributed by atoms with E-state index < -0.39 is 0 Å². The lowest BCUT2D eigenvalue weighted by molar-refractivity contribution is -0.602. The van der Waals surface area contributed by atoms with Crippen LogP contribution in [0.25, 0.3) is 0 Å². The molecule has 1 aliphatic heterocycles. The number of piperidine rings is 1. The predicted octanol–water partition coefficient (Wildman–Crippen LogP) is -0.531. The molecule has 0 spiro atoms. The normalized spacial score (nSPS) is 28.8. The molecule has 1 atom stereocenters. The molecule has 1 heterocycles. The largest absolute Gasteiger partial charge is 0.334 e. The third-order valence-corrected chi connectivity index (χ3v) is 2.16. The van der Waals surface area contributed by atoms with Gasteiger partial charge in [0, 0.05) is 12.5 Å². The van der Waals surface area contributed by atoms with E-state index in [0.29, 0.717) is 0 Å². The Labute approximate surface area is 63.6 Å². The zero-order chi connectivity index (χ0) is 7.40. The smallest absolute Gasteiger partial charge is 0.0966 e. The summed E-state index contributed by atoms with van der Waals surface area (Å²) < 4.78 is 0. The van der Waals surface area contributed by atoms with Crippen LogP contribution in [-0.2, 0) is 0 Å². The van der Waals surface area contributed by atoms with E-state index in [1.807, 2.05) is 0 Å². The fourth-order valence-corrected chi connectivity index (χ4v) is 1.64. The van der Waals surface area contributed by atoms with Crippen LogP contribution in [0, 0.1) is 13.0 Å². The van der Waals surface area contributed by atoms with Gasteiger partial charge in [-0.05, 0) is 26.4 Å². The van der Waals surface area contributed by atoms with Crippen molar-refractivity contribution in [3.05, 3.63) is 7.05 Å². The van der Waals surface area contributed by atoms with Crippen molar-refractivity contribution in [1.82, 2.24) is 4.90 Å². The van der Waals surface area contributed by atoms with Crippen molar-refractivity contribution in [3.63, 3.8) is 0 Å². The monoisotopic (exact) mass is 141 g/mol. The van der Waals surface area contributed by atoms with Gasteiger partial charge >= 0.3 is 0 Å². The van der Waals surface area contributed by atoms with Gasteiger partial charge in [0.05, 0.1) is 6.54 Å². The van der Waals surface area contributed by atoms with Crippen molar-refractivity contribution in [3.8, 4) is 0 Å². The van der Waals surface area contributed by atoms with Gasteiger partial charge in [-0.25, -0.2) is 0 Å². The van der Waals surface area contributed by atoms with Crippen LogP contribution < -0.4 is 5.32 Å². The molecule has 1 aliphatic rings. The first-order valence-corrected chi connectivity index (χ1v) is 4.01. The third kappa shape index (κ3) is 2.27. The Hall–Kier alpha value is -0.0800. The van der Waals surface area contributed by atoms with Gasteiger partial charge in [0.15, 0.2) is 0 Å². The molecule has 1 saturated heterocycles. The van der Waals surface area contributed by atoms with Crippen LogP contribution in [0.3, 0.4) is 0 Å². The van der Waals surface area contributed by atoms with E-state index in [1.54, 1.807) is 0 Å². The van der Waals surface area contributed by atoms with Crippen molar-refractivity contribution in [2.24, 2.45) is 5.92 Å². The first-order valence-electron chi connectivity index (χ1n) is 4.01. The molecule has 0 aliphatic carbocycles. The van der Waals surface area contributed by atoms with Crippen LogP contribution in [0.1, 0.15) is 12.8 Å². The second-order valence-corrected chi connectivity index (χ2v) is 3.22. The van der Waals surface area contributed by atoms with Crippen LogP contribution in [0.5, 0.6) is 0 Å². The summed E-state index contributed by atoms with van der Waals surface area (Å²) in [5.74, 6) is 0.830. The van der Waals surface area contributed by atoms with E-state index >= 15 is 0 Å². The number of nitrogens with zero attached hydrogens (tertiary/aromatic N) is 1. The highest BCUT2D eigenvalue weighted by molar-refractivity contribution is 4.68. The number of likely N-dealkylation sites (tertiary alicyclic amines) is 1. The lowest BCUT2D eigenvalue weighted by Gasteiger charge is -2.27. The van der Waals surface area contributed by atoms with E-state index in [9.17, 15) is 0 Å². The van der Waals surface area contributed by atoms with E-state index in [0.717, 1.165) is 12.5 Å². The summed E-state index contributed by atoms with van der Waals surface area (Å²) in [5, 5.41) is 2.98. The molecule has 1 rings (SSSR count). The standard InChI is InChI=1S/C8H17N2/c1-9-6-8-4-3-5-10(2)7-8/h8-9H,1,3-7H2,2H3. The zero-order valence-electron chi connectivity index (χ0n) is 6.77. The zero-order valence-corrected chi connectivity index (χ0v) is 6.77. The molecule has 1 radical (unpaired) electrons. The molecule has 10 heavy (non-hydrogen) atoms. The molecule has 1 N–H and O–H groups in total. The Morgan fingerprint density at radius 2 is 2.50 bits per heavy atom. The summed E-state index contributed by atoms with van der Waals surface area (Å²) in [5.41, 5.74) is 0. The minimum atomic E-state index is 0.830. The predicted molar refractivity (Wildman–Crippen MR) is 41.4 cm³/mol. The maximum Gasteiger partial charge on any atom is 0.0966 e. The minimum Gasteiger partial charge on any atom is -0.334 e. The Balaban J connectivity index is 2.18. The van der Waals surface area contributed by atoms with E-state index in [1.165, 1.54) is 25.9 Å². The van der Waals surface area contributed by atoms with Crippen molar-refractivity contribution in [2.45, 2.75) is 12.8 Å². The van der Waals surface area contributed by atoms with E-state index in [-0.39, 0.29) is 0 Å². The van der Waals surface area contributed by atoms with Gasteiger partial charge in [-0.3, -0.25) is 0 Å². The summed E-state index contributed by atoms with van der Waals surface area (Å²) in [6.45, 7) is 3.58. The molecule has 0 aromatic rings. The summed E-state index contributed by atoms with van der Waals surface area (Å²) in [6.07, 6.45) is 2.72. The van der Waals surface area contributed by atoms with Gasteiger partial charge in [-0.1, -0.05) is 0 Å². The second-order valence-electron chi connectivity index (χ2n) is 3.22. The van der Waals surface area contributed by atoms with Crippen LogP contribution in [0.4, 0.5) is 0 Å². The van der Waals surface area contributed by atoms with Crippen LogP contribution in [0.15, 0.2) is 0 Å². The van der Waals surface area contributed by atoms with E-state index in [4.69, 9.17) is 0 Å². The summed E-state index contributed by atoms with van der Waals surface area (Å²) in [4.78, 5) is 2.39. The highest BCUT2D eigenvalue weighted by atomic mass is 15.1. The Morgan fingerprint density at radius 1 is 1.70 bits per heavy atom. The molecule has 2 heteroatoms. The molecule has 0 bridgehead atoms. The number of rotatable bonds is 2. The highest BCUT2D eigenvalue weighted by Crippen LogP contribution is 2.12. The first kappa shape index (κ1) is 8.02. The molecule has 1 unspecified atom stereocenters. The van der Waals surface area contributed by atoms with Crippen molar-refractivity contribution < 1.29 is 5.32 Å². The van der Waals surface area contributed by atoms with Crippen molar-refractivity contribution in [2.75, 3.05) is 26.7 Å². The average molecular weight is 141 g/mol. The molecular formula is C8H17N2. The summed E-state index contributed by atoms with van der Waals surface area (Å²) >= 11 is 0. The molecule has 0 aromatic carbocycles. The number of hydrogen-bond donors (Lipinski definition) is 1. The highest BCUT2D eigenvalue weighted by Gasteiger charge is 2.17. The number of hydrogen-bond acceptors (Lipinski definition) is 2. The van der Waals surface area contributed by atoms with Crippen LogP contribution >= 0.6 is 0 Å². The fourth-order valence-electron chi connectivity index (χ4n) is 1.64. The molecule has 0 saturated carbocycles. The van der Waals surface area contributed by atoms with Crippen LogP contribution in [0.2, 0.25) is 0 Å².